The van der Waals surface area contributed by atoms with E-state index < -0.39 is 0 Å². The van der Waals surface area contributed by atoms with Gasteiger partial charge in [-0.2, -0.15) is 0 Å². The van der Waals surface area contributed by atoms with Crippen molar-refractivity contribution in [3.8, 4) is 11.4 Å². The average Bonchev–Trinajstić information content (AvgIpc) is 2.29. The van der Waals surface area contributed by atoms with Gasteiger partial charge in [0.2, 0.25) is 0 Å². The second-order valence-corrected chi connectivity index (χ2v) is 3.58. The quantitative estimate of drug-likeness (QED) is 0.837. The summed E-state index contributed by atoms with van der Waals surface area (Å²) in [6.45, 7) is 2.25. The van der Waals surface area contributed by atoms with E-state index in [1.807, 2.05) is 6.92 Å². The summed E-state index contributed by atoms with van der Waals surface area (Å²) in [7, 11) is 0. The van der Waals surface area contributed by atoms with Gasteiger partial charge < -0.3 is 5.73 Å². The third-order valence-electron chi connectivity index (χ3n) is 2.37. The van der Waals surface area contributed by atoms with E-state index in [1.54, 1.807) is 18.5 Å². The zero-order valence-corrected chi connectivity index (χ0v) is 8.94. The Morgan fingerprint density at radius 1 is 1.25 bits per heavy atom. The van der Waals surface area contributed by atoms with Gasteiger partial charge in [0.25, 0.3) is 0 Å². The number of nitrogens with zero attached hydrogens (tertiary/aromatic N) is 2. The van der Waals surface area contributed by atoms with Crippen LogP contribution in [-0.2, 0) is 6.54 Å². The number of nitrogens with two attached hydrogens (primary N) is 1. The lowest BCUT2D eigenvalue weighted by Gasteiger charge is -2.04. The molecular weight excluding hydrogens is 205 g/mol. The van der Waals surface area contributed by atoms with E-state index in [9.17, 15) is 4.39 Å². The lowest BCUT2D eigenvalue weighted by molar-refractivity contribution is 0.627. The Kier molecular flexibility index (Phi) is 2.92. The molecule has 0 unspecified atom stereocenters. The van der Waals surface area contributed by atoms with Crippen LogP contribution < -0.4 is 5.73 Å². The molecule has 0 aliphatic rings. The van der Waals surface area contributed by atoms with Crippen molar-refractivity contribution in [3.63, 3.8) is 0 Å². The number of rotatable bonds is 2. The Bertz CT molecular complexity index is 494. The lowest BCUT2D eigenvalue weighted by atomic mass is 10.1. The molecule has 2 N–H and O–H groups in total. The molecule has 0 saturated heterocycles. The second-order valence-electron chi connectivity index (χ2n) is 3.58. The molecular formula is C12H12FN3. The maximum absolute atomic E-state index is 12.9. The largest absolute Gasteiger partial charge is 0.326 e. The van der Waals surface area contributed by atoms with E-state index in [1.165, 1.54) is 12.1 Å². The molecule has 0 amide bonds. The lowest BCUT2D eigenvalue weighted by Crippen LogP contribution is -1.99. The number of hydrogen-bond acceptors (Lipinski definition) is 3. The van der Waals surface area contributed by atoms with E-state index in [0.717, 1.165) is 16.7 Å². The minimum atomic E-state index is -0.250. The van der Waals surface area contributed by atoms with E-state index in [2.05, 4.69) is 9.97 Å². The molecule has 3 nitrogen and oxygen atoms in total. The topological polar surface area (TPSA) is 51.8 Å². The van der Waals surface area contributed by atoms with E-state index in [-0.39, 0.29) is 5.82 Å². The molecule has 1 heterocycles. The Morgan fingerprint density at radius 3 is 2.50 bits per heavy atom. The fourth-order valence-electron chi connectivity index (χ4n) is 1.48. The predicted octanol–water partition coefficient (Wildman–Crippen LogP) is 2.05. The molecule has 0 aliphatic heterocycles. The third-order valence-corrected chi connectivity index (χ3v) is 2.37. The summed E-state index contributed by atoms with van der Waals surface area (Å²) in [4.78, 5) is 8.39. The molecule has 2 rings (SSSR count). The minimum absolute atomic E-state index is 0.250. The van der Waals surface area contributed by atoms with Crippen molar-refractivity contribution in [1.29, 1.82) is 0 Å². The highest BCUT2D eigenvalue weighted by atomic mass is 19.1. The summed E-state index contributed by atoms with van der Waals surface area (Å²) < 4.78 is 12.9. The maximum atomic E-state index is 12.9. The van der Waals surface area contributed by atoms with Gasteiger partial charge in [0.15, 0.2) is 5.82 Å². The van der Waals surface area contributed by atoms with E-state index in [0.29, 0.717) is 12.4 Å². The summed E-state index contributed by atoms with van der Waals surface area (Å²) in [5.74, 6) is 0.342. The van der Waals surface area contributed by atoms with Crippen LogP contribution in [0.4, 0.5) is 4.39 Å². The van der Waals surface area contributed by atoms with Gasteiger partial charge in [-0.15, -0.1) is 0 Å². The van der Waals surface area contributed by atoms with Gasteiger partial charge in [0.1, 0.15) is 5.82 Å². The molecule has 0 saturated carbocycles. The number of aryl methyl sites for hydroxylation is 1. The van der Waals surface area contributed by atoms with Gasteiger partial charge in [-0.25, -0.2) is 14.4 Å². The van der Waals surface area contributed by atoms with Gasteiger partial charge >= 0.3 is 0 Å². The summed E-state index contributed by atoms with van der Waals surface area (Å²) in [6.07, 6.45) is 3.37. The Hall–Kier alpha value is -1.81. The van der Waals surface area contributed by atoms with Crippen molar-refractivity contribution in [2.45, 2.75) is 13.5 Å². The molecule has 82 valence electrons. The van der Waals surface area contributed by atoms with Gasteiger partial charge in [-0.1, -0.05) is 0 Å². The van der Waals surface area contributed by atoms with Crippen LogP contribution in [0.5, 0.6) is 0 Å². The molecule has 1 aromatic carbocycles. The second kappa shape index (κ2) is 4.37. The van der Waals surface area contributed by atoms with Crippen molar-refractivity contribution < 1.29 is 4.39 Å². The summed E-state index contributed by atoms with van der Waals surface area (Å²) in [5.41, 5.74) is 7.99. The number of benzene rings is 1. The zero-order chi connectivity index (χ0) is 11.5. The third kappa shape index (κ3) is 2.06. The first kappa shape index (κ1) is 10.7. The Balaban J connectivity index is 2.42. The Labute approximate surface area is 93.2 Å². The van der Waals surface area contributed by atoms with Crippen LogP contribution in [0.25, 0.3) is 11.4 Å². The van der Waals surface area contributed by atoms with Gasteiger partial charge in [0, 0.05) is 30.1 Å². The predicted molar refractivity (Wildman–Crippen MR) is 60.1 cm³/mol. The van der Waals surface area contributed by atoms with Crippen molar-refractivity contribution in [3.05, 3.63) is 47.5 Å². The fraction of sp³-hybridized carbons (Fsp3) is 0.167. The van der Waals surface area contributed by atoms with Crippen LogP contribution in [0.1, 0.15) is 11.1 Å². The zero-order valence-electron chi connectivity index (χ0n) is 8.94. The first-order valence-corrected chi connectivity index (χ1v) is 4.98. The smallest absolute Gasteiger partial charge is 0.159 e. The highest BCUT2D eigenvalue weighted by Gasteiger charge is 2.05. The van der Waals surface area contributed by atoms with Crippen LogP contribution in [0.3, 0.4) is 0 Å². The first-order valence-electron chi connectivity index (χ1n) is 4.98. The first-order chi connectivity index (χ1) is 7.70. The Morgan fingerprint density at radius 2 is 1.94 bits per heavy atom. The summed E-state index contributed by atoms with van der Waals surface area (Å²) in [5, 5.41) is 0. The van der Waals surface area contributed by atoms with E-state index >= 15 is 0 Å². The fourth-order valence-corrected chi connectivity index (χ4v) is 1.48. The van der Waals surface area contributed by atoms with Crippen molar-refractivity contribution >= 4 is 0 Å². The molecule has 4 heteroatoms. The van der Waals surface area contributed by atoms with Crippen molar-refractivity contribution in [2.75, 3.05) is 0 Å². The van der Waals surface area contributed by atoms with Gasteiger partial charge in [-0.05, 0) is 30.7 Å². The molecule has 0 spiro atoms. The molecule has 0 radical (unpaired) electrons. The van der Waals surface area contributed by atoms with Crippen LogP contribution in [0.15, 0.2) is 30.6 Å². The molecule has 16 heavy (non-hydrogen) atoms. The SMILES string of the molecule is Cc1cc(F)ccc1-c1ncc(CN)cn1. The molecule has 0 aliphatic carbocycles. The minimum Gasteiger partial charge on any atom is -0.326 e. The normalized spacial score (nSPS) is 10.4. The van der Waals surface area contributed by atoms with E-state index in [4.69, 9.17) is 5.73 Å². The standard InChI is InChI=1S/C12H12FN3/c1-8-4-10(13)2-3-11(8)12-15-6-9(5-14)7-16-12/h2-4,6-7H,5,14H2,1H3. The van der Waals surface area contributed by atoms with Crippen LogP contribution in [0.2, 0.25) is 0 Å². The van der Waals surface area contributed by atoms with Gasteiger partial charge in [0.05, 0.1) is 0 Å². The van der Waals surface area contributed by atoms with Crippen LogP contribution in [-0.4, -0.2) is 9.97 Å². The number of halogens is 1. The summed E-state index contributed by atoms with van der Waals surface area (Å²) >= 11 is 0. The number of aromatic nitrogens is 2. The highest BCUT2D eigenvalue weighted by Crippen LogP contribution is 2.19. The van der Waals surface area contributed by atoms with Gasteiger partial charge in [-0.3, -0.25) is 0 Å². The average molecular weight is 217 g/mol. The molecule has 0 bridgehead atoms. The van der Waals surface area contributed by atoms with Crippen molar-refractivity contribution in [1.82, 2.24) is 9.97 Å². The summed E-state index contributed by atoms with van der Waals surface area (Å²) in [6, 6.07) is 4.56. The van der Waals surface area contributed by atoms with Crippen LogP contribution in [0, 0.1) is 12.7 Å². The molecule has 0 atom stereocenters. The molecule has 0 fully saturated rings. The monoisotopic (exact) mass is 217 g/mol. The maximum Gasteiger partial charge on any atom is 0.159 e. The van der Waals surface area contributed by atoms with Crippen molar-refractivity contribution in [2.24, 2.45) is 5.73 Å². The molecule has 2 aromatic rings. The molecule has 1 aromatic heterocycles. The number of hydrogen-bond donors (Lipinski definition) is 1. The van der Waals surface area contributed by atoms with Crippen LogP contribution >= 0.6 is 0 Å². The highest BCUT2D eigenvalue weighted by molar-refractivity contribution is 5.59.